The Bertz CT molecular complexity index is 2670. The third kappa shape index (κ3) is 3.25. The van der Waals surface area contributed by atoms with Crippen molar-refractivity contribution >= 4 is 65.0 Å². The number of rotatable bonds is 3. The fourth-order valence-electron chi connectivity index (χ4n) is 7.47. The molecule has 2 nitrogen and oxygen atoms in total. The van der Waals surface area contributed by atoms with Crippen LogP contribution < -0.4 is 0 Å². The minimum absolute atomic E-state index is 1.16. The van der Waals surface area contributed by atoms with E-state index in [2.05, 4.69) is 167 Å². The lowest BCUT2D eigenvalue weighted by Crippen LogP contribution is -1.95. The summed E-state index contributed by atoms with van der Waals surface area (Å²) in [6.45, 7) is 0. The molecular formula is C42H26N2. The summed E-state index contributed by atoms with van der Waals surface area (Å²) in [5.41, 5.74) is 8.47. The highest BCUT2D eigenvalue weighted by Gasteiger charge is 2.16. The number of hydrogen-bond acceptors (Lipinski definition) is 0. The molecule has 8 aromatic carbocycles. The summed E-state index contributed by atoms with van der Waals surface area (Å²) in [7, 11) is 0. The van der Waals surface area contributed by atoms with Crippen molar-refractivity contribution in [2.45, 2.75) is 0 Å². The van der Waals surface area contributed by atoms with E-state index < -0.39 is 0 Å². The lowest BCUT2D eigenvalue weighted by atomic mass is 9.90. The van der Waals surface area contributed by atoms with E-state index >= 15 is 0 Å². The van der Waals surface area contributed by atoms with E-state index in [-0.39, 0.29) is 0 Å². The highest BCUT2D eigenvalue weighted by Crippen LogP contribution is 2.40. The van der Waals surface area contributed by atoms with Gasteiger partial charge in [0.25, 0.3) is 0 Å². The highest BCUT2D eigenvalue weighted by atomic mass is 15.0. The number of benzene rings is 8. The summed E-state index contributed by atoms with van der Waals surface area (Å²) in [6.07, 6.45) is 2.18. The number of para-hydroxylation sites is 2. The van der Waals surface area contributed by atoms with E-state index in [1.165, 1.54) is 81.8 Å². The predicted molar refractivity (Wildman–Crippen MR) is 187 cm³/mol. The van der Waals surface area contributed by atoms with E-state index in [0.29, 0.717) is 0 Å². The summed E-state index contributed by atoms with van der Waals surface area (Å²) in [6, 6.07) is 55.6. The van der Waals surface area contributed by atoms with Crippen LogP contribution in [0, 0.1) is 0 Å². The normalized spacial score (nSPS) is 12.1. The van der Waals surface area contributed by atoms with Gasteiger partial charge in [-0.25, -0.2) is 0 Å². The van der Waals surface area contributed by atoms with E-state index in [4.69, 9.17) is 0 Å². The Hall–Kier alpha value is -5.86. The summed E-state index contributed by atoms with van der Waals surface area (Å²) in [5, 5.41) is 11.7. The minimum Gasteiger partial charge on any atom is -0.316 e. The van der Waals surface area contributed by atoms with Crippen molar-refractivity contribution in [3.63, 3.8) is 0 Å². The molecule has 204 valence electrons. The number of fused-ring (bicyclic) bond motifs is 4. The average Bonchev–Trinajstić information content (AvgIpc) is 3.65. The third-order valence-corrected chi connectivity index (χ3v) is 9.48. The standard InChI is InChI=1S/C42H26N2/c1-2-9-32(10-3-1)43-24-23-31-25-37-35-11-4-5-12-38(35)44(40(37)26-39(31)43)33-19-15-27(16-20-33)34-21-17-30-14-13-28-7-6-8-29-18-22-36(34)42(30)41(28)29/h1-26H. The molecule has 0 unspecified atom stereocenters. The molecule has 0 aliphatic carbocycles. The lowest BCUT2D eigenvalue weighted by molar-refractivity contribution is 1.12. The van der Waals surface area contributed by atoms with Crippen molar-refractivity contribution in [2.75, 3.05) is 0 Å². The summed E-state index contributed by atoms with van der Waals surface area (Å²) >= 11 is 0. The molecule has 0 aliphatic rings. The molecule has 0 saturated heterocycles. The van der Waals surface area contributed by atoms with Gasteiger partial charge in [-0.3, -0.25) is 0 Å². The summed E-state index contributed by atoms with van der Waals surface area (Å²) in [5.74, 6) is 0. The maximum atomic E-state index is 2.42. The third-order valence-electron chi connectivity index (χ3n) is 9.48. The monoisotopic (exact) mass is 558 g/mol. The fourth-order valence-corrected chi connectivity index (χ4v) is 7.47. The maximum Gasteiger partial charge on any atom is 0.0562 e. The highest BCUT2D eigenvalue weighted by molar-refractivity contribution is 6.25. The van der Waals surface area contributed by atoms with E-state index in [1.807, 2.05) is 0 Å². The van der Waals surface area contributed by atoms with Crippen LogP contribution in [-0.2, 0) is 0 Å². The average molecular weight is 559 g/mol. The van der Waals surface area contributed by atoms with Crippen LogP contribution in [0.3, 0.4) is 0 Å². The van der Waals surface area contributed by atoms with Crippen molar-refractivity contribution in [1.29, 1.82) is 0 Å². The van der Waals surface area contributed by atoms with Gasteiger partial charge in [0.15, 0.2) is 0 Å². The molecule has 0 amide bonds. The van der Waals surface area contributed by atoms with Crippen LogP contribution in [0.25, 0.3) is 87.5 Å². The molecular weight excluding hydrogens is 532 g/mol. The molecule has 2 heterocycles. The molecule has 10 aromatic rings. The molecule has 0 radical (unpaired) electrons. The zero-order valence-electron chi connectivity index (χ0n) is 23.9. The Balaban J connectivity index is 1.17. The first kappa shape index (κ1) is 23.7. The summed E-state index contributed by atoms with van der Waals surface area (Å²) in [4.78, 5) is 0. The summed E-state index contributed by atoms with van der Waals surface area (Å²) < 4.78 is 4.70. The Morgan fingerprint density at radius 1 is 0.364 bits per heavy atom. The SMILES string of the molecule is c1ccc(-n2ccc3cc4c5ccccc5n(-c5ccc(-c6ccc7ccc8cccc9ccc6c7c89)cc5)c4cc32)cc1. The van der Waals surface area contributed by atoms with Gasteiger partial charge in [-0.15, -0.1) is 0 Å². The molecule has 0 bridgehead atoms. The maximum absolute atomic E-state index is 2.42. The van der Waals surface area contributed by atoms with Gasteiger partial charge in [0.1, 0.15) is 0 Å². The van der Waals surface area contributed by atoms with Crippen LogP contribution in [0.5, 0.6) is 0 Å². The first-order chi connectivity index (χ1) is 21.8. The van der Waals surface area contributed by atoms with Crippen molar-refractivity contribution < 1.29 is 0 Å². The van der Waals surface area contributed by atoms with Gasteiger partial charge >= 0.3 is 0 Å². The van der Waals surface area contributed by atoms with Crippen LogP contribution >= 0.6 is 0 Å². The number of aromatic nitrogens is 2. The smallest absolute Gasteiger partial charge is 0.0562 e. The van der Waals surface area contributed by atoms with Gasteiger partial charge in [-0.2, -0.15) is 0 Å². The molecule has 0 aliphatic heterocycles. The predicted octanol–water partition coefficient (Wildman–Crippen LogP) is 11.3. The number of nitrogens with zero attached hydrogens (tertiary/aromatic N) is 2. The molecule has 0 saturated carbocycles. The van der Waals surface area contributed by atoms with Crippen molar-refractivity contribution in [3.05, 3.63) is 158 Å². The van der Waals surface area contributed by atoms with Gasteiger partial charge in [0, 0.05) is 33.7 Å². The van der Waals surface area contributed by atoms with Crippen LogP contribution in [-0.4, -0.2) is 9.13 Å². The molecule has 44 heavy (non-hydrogen) atoms. The van der Waals surface area contributed by atoms with Crippen LogP contribution in [0.15, 0.2) is 158 Å². The largest absolute Gasteiger partial charge is 0.316 e. The Morgan fingerprint density at radius 3 is 1.93 bits per heavy atom. The van der Waals surface area contributed by atoms with Crippen molar-refractivity contribution in [3.8, 4) is 22.5 Å². The van der Waals surface area contributed by atoms with Crippen molar-refractivity contribution in [2.24, 2.45) is 0 Å². The second kappa shape index (κ2) is 8.82. The van der Waals surface area contributed by atoms with E-state index in [9.17, 15) is 0 Å². The van der Waals surface area contributed by atoms with Gasteiger partial charge in [-0.1, -0.05) is 103 Å². The molecule has 2 heteroatoms. The molecule has 0 spiro atoms. The molecule has 0 N–H and O–H groups in total. The molecule has 0 fully saturated rings. The second-order valence-electron chi connectivity index (χ2n) is 11.8. The quantitative estimate of drug-likeness (QED) is 0.191. The zero-order chi connectivity index (χ0) is 28.8. The molecule has 0 atom stereocenters. The Labute approximate surface area is 254 Å². The molecule has 2 aromatic heterocycles. The van der Waals surface area contributed by atoms with Crippen molar-refractivity contribution in [1.82, 2.24) is 9.13 Å². The van der Waals surface area contributed by atoms with Gasteiger partial charge in [-0.05, 0) is 92.0 Å². The van der Waals surface area contributed by atoms with Gasteiger partial charge < -0.3 is 9.13 Å². The van der Waals surface area contributed by atoms with Gasteiger partial charge in [0.2, 0.25) is 0 Å². The van der Waals surface area contributed by atoms with E-state index in [1.54, 1.807) is 0 Å². The lowest BCUT2D eigenvalue weighted by Gasteiger charge is -2.15. The fraction of sp³-hybridized carbons (Fsp3) is 0. The zero-order valence-corrected chi connectivity index (χ0v) is 23.9. The number of hydrogen-bond donors (Lipinski definition) is 0. The van der Waals surface area contributed by atoms with E-state index in [0.717, 1.165) is 5.69 Å². The second-order valence-corrected chi connectivity index (χ2v) is 11.8. The van der Waals surface area contributed by atoms with Crippen LogP contribution in [0.2, 0.25) is 0 Å². The Kier molecular flexibility index (Phi) is 4.75. The minimum atomic E-state index is 1.16. The van der Waals surface area contributed by atoms with Crippen LogP contribution in [0.4, 0.5) is 0 Å². The first-order valence-electron chi connectivity index (χ1n) is 15.2. The Morgan fingerprint density at radius 2 is 1.09 bits per heavy atom. The van der Waals surface area contributed by atoms with Crippen LogP contribution in [0.1, 0.15) is 0 Å². The molecule has 10 rings (SSSR count). The first-order valence-corrected chi connectivity index (χ1v) is 15.2. The van der Waals surface area contributed by atoms with Gasteiger partial charge in [0.05, 0.1) is 16.6 Å². The topological polar surface area (TPSA) is 9.86 Å².